The number of halogens is 2. The molecule has 4 heteroatoms. The van der Waals surface area contributed by atoms with Gasteiger partial charge in [0.1, 0.15) is 0 Å². The third kappa shape index (κ3) is 3.72. The topological polar surface area (TPSA) is 20.3 Å². The summed E-state index contributed by atoms with van der Waals surface area (Å²) in [6.45, 7) is 0.829. The minimum atomic E-state index is 0.172. The van der Waals surface area contributed by atoms with Crippen molar-refractivity contribution in [3.8, 4) is 0 Å². The summed E-state index contributed by atoms with van der Waals surface area (Å²) in [5, 5.41) is 0.323. The molecular weight excluding hydrogens is 314 g/mol. The predicted octanol–water partition coefficient (Wildman–Crippen LogP) is 3.47. The zero-order valence-corrected chi connectivity index (χ0v) is 12.7. The average Bonchev–Trinajstić information content (AvgIpc) is 2.26. The molecular formula is C14H17BrClNO. The van der Waals surface area contributed by atoms with Crippen molar-refractivity contribution in [2.45, 2.75) is 24.6 Å². The Morgan fingerprint density at radius 2 is 2.22 bits per heavy atom. The molecule has 1 aliphatic rings. The summed E-state index contributed by atoms with van der Waals surface area (Å²) < 4.78 is 1.01. The Balaban J connectivity index is 1.83. The van der Waals surface area contributed by atoms with Crippen LogP contribution in [0.5, 0.6) is 0 Å². The molecule has 0 N–H and O–H groups in total. The minimum absolute atomic E-state index is 0.172. The van der Waals surface area contributed by atoms with Crippen LogP contribution in [0.1, 0.15) is 18.4 Å². The Morgan fingerprint density at radius 1 is 1.50 bits per heavy atom. The monoisotopic (exact) mass is 329 g/mol. The molecule has 0 saturated heterocycles. The first-order chi connectivity index (χ1) is 8.54. The first-order valence-corrected chi connectivity index (χ1v) is 7.40. The maximum Gasteiger partial charge on any atom is 0.226 e. The van der Waals surface area contributed by atoms with Crippen molar-refractivity contribution < 1.29 is 4.79 Å². The van der Waals surface area contributed by atoms with Gasteiger partial charge in [0.05, 0.1) is 6.42 Å². The van der Waals surface area contributed by atoms with Gasteiger partial charge in [0, 0.05) is 23.4 Å². The summed E-state index contributed by atoms with van der Waals surface area (Å²) in [6.07, 6.45) is 2.54. The van der Waals surface area contributed by atoms with E-state index in [9.17, 15) is 4.79 Å². The van der Waals surface area contributed by atoms with Crippen LogP contribution in [-0.2, 0) is 11.2 Å². The molecule has 0 bridgehead atoms. The third-order valence-corrected chi connectivity index (χ3v) is 4.23. The number of likely N-dealkylation sites (N-methyl/N-ethyl adjacent to an activating group) is 1. The molecule has 0 unspecified atom stereocenters. The van der Waals surface area contributed by atoms with E-state index in [1.54, 1.807) is 0 Å². The number of hydrogen-bond acceptors (Lipinski definition) is 1. The number of benzene rings is 1. The summed E-state index contributed by atoms with van der Waals surface area (Å²) >= 11 is 9.36. The van der Waals surface area contributed by atoms with E-state index in [0.717, 1.165) is 29.4 Å². The Bertz CT molecular complexity index is 432. The van der Waals surface area contributed by atoms with E-state index in [4.69, 9.17) is 11.6 Å². The van der Waals surface area contributed by atoms with Gasteiger partial charge in [-0.1, -0.05) is 28.1 Å². The highest BCUT2D eigenvalue weighted by atomic mass is 79.9. The summed E-state index contributed by atoms with van der Waals surface area (Å²) in [7, 11) is 1.88. The van der Waals surface area contributed by atoms with Gasteiger partial charge in [-0.2, -0.15) is 0 Å². The molecule has 0 aromatic heterocycles. The largest absolute Gasteiger partial charge is 0.345 e. The van der Waals surface area contributed by atoms with Gasteiger partial charge in [-0.3, -0.25) is 4.79 Å². The second-order valence-electron chi connectivity index (χ2n) is 5.02. The van der Waals surface area contributed by atoms with E-state index in [1.165, 1.54) is 0 Å². The molecule has 18 heavy (non-hydrogen) atoms. The number of hydrogen-bond donors (Lipinski definition) is 0. The van der Waals surface area contributed by atoms with E-state index in [0.29, 0.717) is 17.7 Å². The van der Waals surface area contributed by atoms with Gasteiger partial charge >= 0.3 is 0 Å². The highest BCUT2D eigenvalue weighted by molar-refractivity contribution is 9.10. The number of nitrogens with zero attached hydrogens (tertiary/aromatic N) is 1. The molecule has 0 radical (unpaired) electrons. The van der Waals surface area contributed by atoms with Gasteiger partial charge < -0.3 is 4.90 Å². The van der Waals surface area contributed by atoms with Crippen molar-refractivity contribution in [3.63, 3.8) is 0 Å². The molecule has 2 nitrogen and oxygen atoms in total. The molecule has 2 rings (SSSR count). The fraction of sp³-hybridized carbons (Fsp3) is 0.500. The predicted molar refractivity (Wildman–Crippen MR) is 77.8 cm³/mol. The van der Waals surface area contributed by atoms with Crippen molar-refractivity contribution in [3.05, 3.63) is 34.3 Å². The van der Waals surface area contributed by atoms with Crippen LogP contribution >= 0.6 is 27.5 Å². The van der Waals surface area contributed by atoms with Crippen LogP contribution in [0.25, 0.3) is 0 Å². The molecule has 0 spiro atoms. The second-order valence-corrected chi connectivity index (χ2v) is 6.55. The summed E-state index contributed by atoms with van der Waals surface area (Å²) in [5.74, 6) is 0.759. The molecule has 0 atom stereocenters. The van der Waals surface area contributed by atoms with Crippen molar-refractivity contribution in [2.75, 3.05) is 13.6 Å². The van der Waals surface area contributed by atoms with Crippen LogP contribution in [0.3, 0.4) is 0 Å². The molecule has 0 aliphatic heterocycles. The lowest BCUT2D eigenvalue weighted by Crippen LogP contribution is -2.38. The summed E-state index contributed by atoms with van der Waals surface area (Å²) in [4.78, 5) is 13.9. The highest BCUT2D eigenvalue weighted by Crippen LogP contribution is 2.32. The Kier molecular flexibility index (Phi) is 4.68. The van der Waals surface area contributed by atoms with Crippen LogP contribution in [0.2, 0.25) is 0 Å². The number of rotatable bonds is 4. The highest BCUT2D eigenvalue weighted by Gasteiger charge is 2.28. The zero-order chi connectivity index (χ0) is 13.1. The summed E-state index contributed by atoms with van der Waals surface area (Å²) in [6, 6.07) is 7.89. The van der Waals surface area contributed by atoms with E-state index < -0.39 is 0 Å². The third-order valence-electron chi connectivity index (χ3n) is 3.38. The average molecular weight is 331 g/mol. The SMILES string of the molecule is CN(CC1CC(Cl)C1)C(=O)Cc1cccc(Br)c1. The molecule has 1 aromatic rings. The maximum atomic E-state index is 12.1. The van der Waals surface area contributed by atoms with Crippen LogP contribution in [0.4, 0.5) is 0 Å². The van der Waals surface area contributed by atoms with Crippen molar-refractivity contribution in [1.82, 2.24) is 4.90 Å². The molecule has 0 heterocycles. The van der Waals surface area contributed by atoms with Gasteiger partial charge in [0.25, 0.3) is 0 Å². The van der Waals surface area contributed by atoms with Gasteiger partial charge in [0.15, 0.2) is 0 Å². The number of carbonyl (C=O) groups excluding carboxylic acids is 1. The van der Waals surface area contributed by atoms with Gasteiger partial charge in [0.2, 0.25) is 5.91 Å². The Hall–Kier alpha value is -0.540. The lowest BCUT2D eigenvalue weighted by molar-refractivity contribution is -0.130. The van der Waals surface area contributed by atoms with Crippen LogP contribution in [0.15, 0.2) is 28.7 Å². The summed E-state index contributed by atoms with van der Waals surface area (Å²) in [5.41, 5.74) is 1.05. The Labute approximate surface area is 121 Å². The Morgan fingerprint density at radius 3 is 2.83 bits per heavy atom. The fourth-order valence-corrected chi connectivity index (χ4v) is 3.20. The molecule has 1 fully saturated rings. The van der Waals surface area contributed by atoms with E-state index in [2.05, 4.69) is 15.9 Å². The van der Waals surface area contributed by atoms with Gasteiger partial charge in [-0.25, -0.2) is 0 Å². The number of amides is 1. The molecule has 1 saturated carbocycles. The van der Waals surface area contributed by atoms with Gasteiger partial charge in [-0.15, -0.1) is 11.6 Å². The molecule has 1 aliphatic carbocycles. The van der Waals surface area contributed by atoms with Crippen molar-refractivity contribution in [1.29, 1.82) is 0 Å². The zero-order valence-electron chi connectivity index (χ0n) is 10.4. The van der Waals surface area contributed by atoms with E-state index in [-0.39, 0.29) is 5.91 Å². The van der Waals surface area contributed by atoms with Crippen molar-refractivity contribution in [2.24, 2.45) is 5.92 Å². The van der Waals surface area contributed by atoms with E-state index in [1.807, 2.05) is 36.2 Å². The standard InChI is InChI=1S/C14H17BrClNO/c1-17(9-11-6-13(16)7-11)14(18)8-10-3-2-4-12(15)5-10/h2-5,11,13H,6-9H2,1H3. The van der Waals surface area contributed by atoms with Crippen molar-refractivity contribution >= 4 is 33.4 Å². The quantitative estimate of drug-likeness (QED) is 0.774. The van der Waals surface area contributed by atoms with E-state index >= 15 is 0 Å². The first-order valence-electron chi connectivity index (χ1n) is 6.17. The normalized spacial score (nSPS) is 22.4. The molecule has 1 amide bonds. The van der Waals surface area contributed by atoms with Crippen LogP contribution in [-0.4, -0.2) is 29.8 Å². The molecule has 1 aromatic carbocycles. The lowest BCUT2D eigenvalue weighted by Gasteiger charge is -2.34. The lowest BCUT2D eigenvalue weighted by atomic mass is 9.84. The molecule has 98 valence electrons. The minimum Gasteiger partial charge on any atom is -0.345 e. The van der Waals surface area contributed by atoms with Gasteiger partial charge in [-0.05, 0) is 36.5 Å². The fourth-order valence-electron chi connectivity index (χ4n) is 2.25. The first kappa shape index (κ1) is 13.9. The number of alkyl halides is 1. The van der Waals surface area contributed by atoms with Crippen LogP contribution in [0, 0.1) is 5.92 Å². The maximum absolute atomic E-state index is 12.1. The second kappa shape index (κ2) is 6.07. The number of carbonyl (C=O) groups is 1. The smallest absolute Gasteiger partial charge is 0.226 e. The van der Waals surface area contributed by atoms with Crippen LogP contribution < -0.4 is 0 Å².